The zero-order valence-electron chi connectivity index (χ0n) is 45.3. The lowest BCUT2D eigenvalue weighted by molar-refractivity contribution is -0.160. The van der Waals surface area contributed by atoms with Gasteiger partial charge in [0, 0.05) is 130 Å². The quantitative estimate of drug-likeness (QED) is 0.0993. The average Bonchev–Trinajstić information content (AvgIpc) is 4.20. The zero-order valence-corrected chi connectivity index (χ0v) is 45.3. The number of nitrogens with zero attached hydrogens (tertiary/aromatic N) is 6. The average molecular weight is 1070 g/mol. The van der Waals surface area contributed by atoms with Gasteiger partial charge in [-0.2, -0.15) is 0 Å². The van der Waals surface area contributed by atoms with Gasteiger partial charge in [0.15, 0.2) is 5.41 Å². The molecule has 5 aliphatic carbocycles. The molecule has 4 saturated heterocycles. The van der Waals surface area contributed by atoms with Gasteiger partial charge in [-0.25, -0.2) is 4.79 Å². The molecule has 0 radical (unpaired) electrons. The zero-order chi connectivity index (χ0) is 55.4. The van der Waals surface area contributed by atoms with E-state index in [4.69, 9.17) is 19.7 Å². The largest absolute Gasteiger partial charge is 0.480 e. The van der Waals surface area contributed by atoms with Crippen LogP contribution < -0.4 is 10.6 Å². The van der Waals surface area contributed by atoms with Crippen molar-refractivity contribution in [1.29, 1.82) is 0 Å². The fraction of sp³-hybridized carbons (Fsp3) is 0.824. The minimum Gasteiger partial charge on any atom is -0.480 e. The first-order chi connectivity index (χ1) is 35.5. The summed E-state index contributed by atoms with van der Waals surface area (Å²) in [6.45, 7) is 20.1. The summed E-state index contributed by atoms with van der Waals surface area (Å²) in [5.74, 6) is -2.61. The first-order valence-electron chi connectivity index (χ1n) is 26.4. The van der Waals surface area contributed by atoms with Crippen molar-refractivity contribution < 1.29 is 77.4 Å². The van der Waals surface area contributed by atoms with Crippen LogP contribution in [0.25, 0.3) is 0 Å². The first kappa shape index (κ1) is 60.7. The molecular weight excluding hydrogens is 981 g/mol. The van der Waals surface area contributed by atoms with Crippen LogP contribution in [0.15, 0.2) is 0 Å². The molecule has 5 saturated carbocycles. The van der Waals surface area contributed by atoms with E-state index >= 15 is 0 Å². The van der Waals surface area contributed by atoms with Crippen LogP contribution in [0, 0.1) is 27.1 Å². The summed E-state index contributed by atoms with van der Waals surface area (Å²) in [4.78, 5) is 115. The Morgan fingerprint density at radius 3 is 1.17 bits per heavy atom. The second-order valence-corrected chi connectivity index (χ2v) is 22.2. The van der Waals surface area contributed by atoms with Crippen LogP contribution in [0.4, 0.5) is 4.79 Å². The molecule has 0 aromatic rings. The normalized spacial score (nSPS) is 22.8. The Labute approximate surface area is 440 Å². The van der Waals surface area contributed by atoms with Crippen LogP contribution in [0.1, 0.15) is 91.9 Å². The van der Waals surface area contributed by atoms with E-state index in [1.807, 2.05) is 20.8 Å². The van der Waals surface area contributed by atoms with Crippen LogP contribution >= 0.6 is 0 Å². The van der Waals surface area contributed by atoms with Crippen molar-refractivity contribution in [2.45, 2.75) is 97.5 Å². The number of piperazine rings is 4. The summed E-state index contributed by atoms with van der Waals surface area (Å²) in [6.07, 6.45) is 6.89. The molecule has 24 heteroatoms. The fourth-order valence-corrected chi connectivity index (χ4v) is 9.41. The topological polar surface area (TPSA) is 295 Å². The van der Waals surface area contributed by atoms with E-state index in [0.29, 0.717) is 116 Å². The maximum Gasteiger partial charge on any atom is 0.410 e. The molecule has 0 spiro atoms. The predicted molar refractivity (Wildman–Crippen MR) is 268 cm³/mol. The van der Waals surface area contributed by atoms with Gasteiger partial charge in [0.2, 0.25) is 23.6 Å². The van der Waals surface area contributed by atoms with Crippen LogP contribution in [0.2, 0.25) is 0 Å². The number of carboxylic acid groups (broad SMARTS) is 1. The minimum absolute atomic E-state index is 0.0429. The number of carbonyl (C=O) groups is 9. The number of carboxylic acids is 1. The number of methoxy groups -OCH3 is 3. The second-order valence-electron chi connectivity index (χ2n) is 22.2. The predicted octanol–water partition coefficient (Wildman–Crippen LogP) is -0.472. The first-order valence-corrected chi connectivity index (χ1v) is 26.4. The molecular formula is C51H84N8O16. The van der Waals surface area contributed by atoms with E-state index < -0.39 is 45.2 Å². The van der Waals surface area contributed by atoms with Crippen molar-refractivity contribution >= 4 is 53.6 Å². The minimum atomic E-state index is -1.19. The van der Waals surface area contributed by atoms with Gasteiger partial charge in [-0.3, -0.25) is 38.4 Å². The Hall–Kier alpha value is -5.17. The summed E-state index contributed by atoms with van der Waals surface area (Å²) in [5.41, 5.74) is -3.69. The third kappa shape index (κ3) is 15.7. The number of rotatable bonds is 11. The molecule has 24 nitrogen and oxygen atoms in total. The highest BCUT2D eigenvalue weighted by molar-refractivity contribution is 6.06. The van der Waals surface area contributed by atoms with Crippen molar-refractivity contribution in [3.8, 4) is 0 Å². The molecule has 4 heterocycles. The maximum atomic E-state index is 12.5. The van der Waals surface area contributed by atoms with Gasteiger partial charge in [0.25, 0.3) is 0 Å². The van der Waals surface area contributed by atoms with Crippen molar-refractivity contribution in [3.05, 3.63) is 0 Å². The molecule has 5 amide bonds. The highest BCUT2D eigenvalue weighted by Crippen LogP contribution is 2.50. The van der Waals surface area contributed by atoms with E-state index in [1.165, 1.54) is 34.2 Å². The van der Waals surface area contributed by atoms with Crippen molar-refractivity contribution in [1.82, 2.24) is 40.0 Å². The van der Waals surface area contributed by atoms with Crippen molar-refractivity contribution in [2.75, 3.05) is 146 Å². The molecule has 5 N–H and O–H groups in total. The van der Waals surface area contributed by atoms with E-state index in [1.54, 1.807) is 31.4 Å². The maximum absolute atomic E-state index is 12.5. The number of carbonyl (C=O) groups excluding carboxylic acids is 8. The molecule has 4 aliphatic heterocycles. The summed E-state index contributed by atoms with van der Waals surface area (Å²) >= 11 is 0. The Bertz CT molecular complexity index is 2030. The summed E-state index contributed by atoms with van der Waals surface area (Å²) in [7, 11) is 3.84. The van der Waals surface area contributed by atoms with Crippen molar-refractivity contribution in [3.63, 3.8) is 0 Å². The monoisotopic (exact) mass is 1060 g/mol. The summed E-state index contributed by atoms with van der Waals surface area (Å²) in [6, 6.07) is 0. The van der Waals surface area contributed by atoms with Crippen LogP contribution in [-0.2, 0) is 57.3 Å². The Morgan fingerprint density at radius 2 is 0.853 bits per heavy atom. The number of hydrogen-bond acceptors (Lipinski definition) is 18. The summed E-state index contributed by atoms with van der Waals surface area (Å²) < 4.78 is 19.1. The molecule has 9 rings (SSSR count). The third-order valence-electron chi connectivity index (χ3n) is 15.5. The lowest BCUT2D eigenvalue weighted by Gasteiger charge is -2.36. The number of aliphatic hydroxyl groups is 2. The fourth-order valence-electron chi connectivity index (χ4n) is 9.41. The Morgan fingerprint density at radius 1 is 0.480 bits per heavy atom. The standard InChI is InChI=1S/C15H24N2O5.C11H18N2O3.C10H16N2O3.C9H18N2O.C6H8O4/c1-14(2,3)22-13(20)17-9-7-16(8-10-17)11(18)15(5-6-15)12(19)21-4;1-9(15)12-4-6-13(7-5-12)10(16)11(8-14)2-3-11;1-15-9(14)10(2-3-10)8(13)12-6-4-11-5-7-12;12-8-9(1-2-9)7-11-5-3-10-4-6-11;1-10-5(9)6(2-3-6)4(7)8/h5-10H2,1-4H3;14H,2-8H2,1H3;11H,2-7H2,1H3;10,12H,1-8H2;2-3H2,1H3,(H,7,8). The van der Waals surface area contributed by atoms with Crippen molar-refractivity contribution in [2.24, 2.45) is 27.1 Å². The molecule has 424 valence electrons. The number of aliphatic hydroxyl groups excluding tert-OH is 2. The highest BCUT2D eigenvalue weighted by atomic mass is 16.6. The highest BCUT2D eigenvalue weighted by Gasteiger charge is 2.61. The molecule has 0 aromatic carbocycles. The Kier molecular flexibility index (Phi) is 20.9. The van der Waals surface area contributed by atoms with Crippen LogP contribution in [0.3, 0.4) is 0 Å². The number of esters is 3. The molecule has 0 aromatic heterocycles. The molecule has 9 fully saturated rings. The number of hydrogen-bond donors (Lipinski definition) is 5. The Balaban J connectivity index is 0.000000178. The molecule has 0 bridgehead atoms. The number of nitrogens with one attached hydrogen (secondary N) is 2. The molecule has 75 heavy (non-hydrogen) atoms. The third-order valence-corrected chi connectivity index (χ3v) is 15.5. The molecule has 9 aliphatic rings. The number of ether oxygens (including phenoxy) is 4. The van der Waals surface area contributed by atoms with Gasteiger partial charge in [-0.15, -0.1) is 0 Å². The van der Waals surface area contributed by atoms with E-state index in [9.17, 15) is 48.3 Å². The van der Waals surface area contributed by atoms with Gasteiger partial charge in [0.05, 0.1) is 33.4 Å². The van der Waals surface area contributed by atoms with Gasteiger partial charge < -0.3 is 74.3 Å². The lowest BCUT2D eigenvalue weighted by Crippen LogP contribution is -2.54. The second kappa shape index (κ2) is 25.8. The number of aliphatic carboxylic acids is 1. The van der Waals surface area contributed by atoms with Crippen LogP contribution in [0.5, 0.6) is 0 Å². The smallest absolute Gasteiger partial charge is 0.410 e. The van der Waals surface area contributed by atoms with Gasteiger partial charge >= 0.3 is 30.0 Å². The van der Waals surface area contributed by atoms with Gasteiger partial charge in [-0.1, -0.05) is 0 Å². The molecule has 0 atom stereocenters. The SMILES string of the molecule is CC(=O)N1CCN(C(=O)C2(CO)CC2)CC1.COC(=O)C1(C(=O)N2CCN(C(=O)OC(C)(C)C)CC2)CC1.COC(=O)C1(C(=O)N2CCNCC2)CC1.COC(=O)C1(C(=O)O)CC1.OCC1(CN2CCNCC2)CC1. The molecule has 0 unspecified atom stereocenters. The summed E-state index contributed by atoms with van der Waals surface area (Å²) in [5, 5.41) is 33.3. The number of amides is 5. The van der Waals surface area contributed by atoms with E-state index in [-0.39, 0.29) is 42.3 Å². The van der Waals surface area contributed by atoms with Crippen LogP contribution in [-0.4, -0.2) is 250 Å². The van der Waals surface area contributed by atoms with E-state index in [2.05, 4.69) is 25.0 Å². The van der Waals surface area contributed by atoms with Gasteiger partial charge in [-0.05, 0) is 85.0 Å². The van der Waals surface area contributed by atoms with E-state index in [0.717, 1.165) is 58.7 Å². The van der Waals surface area contributed by atoms with Gasteiger partial charge in [0.1, 0.15) is 16.4 Å². The lowest BCUT2D eigenvalue weighted by atomic mass is 10.1.